The van der Waals surface area contributed by atoms with Crippen LogP contribution in [0.2, 0.25) is 0 Å². The van der Waals surface area contributed by atoms with Gasteiger partial charge in [0.1, 0.15) is 5.54 Å². The largest absolute Gasteiger partial charge is 0.315 e. The highest BCUT2D eigenvalue weighted by Gasteiger charge is 2.38. The number of tetrazole rings is 1. The van der Waals surface area contributed by atoms with E-state index in [-0.39, 0.29) is 0 Å². The third kappa shape index (κ3) is 1.34. The standard InChI is InChI=1S/C10H11N5S/c11-10(9-12-14-15-13-9)5-6-16-8-4-2-1-3-7(8)10/h1-4H,5-6,11H2,(H,12,13,14,15). The second kappa shape index (κ2) is 3.57. The Bertz CT molecular complexity index is 498. The van der Waals surface area contributed by atoms with E-state index >= 15 is 0 Å². The van der Waals surface area contributed by atoms with Crippen LogP contribution in [0.1, 0.15) is 17.8 Å². The molecule has 0 fully saturated rings. The molecule has 0 aliphatic carbocycles. The maximum Gasteiger partial charge on any atom is 0.198 e. The number of aromatic nitrogens is 4. The molecule has 0 radical (unpaired) electrons. The summed E-state index contributed by atoms with van der Waals surface area (Å²) in [4.78, 5) is 1.21. The van der Waals surface area contributed by atoms with Crippen LogP contribution in [0.3, 0.4) is 0 Å². The van der Waals surface area contributed by atoms with E-state index in [1.54, 1.807) is 0 Å². The first-order valence-electron chi connectivity index (χ1n) is 5.06. The molecule has 0 spiro atoms. The first-order valence-corrected chi connectivity index (χ1v) is 6.04. The zero-order valence-corrected chi connectivity index (χ0v) is 9.37. The summed E-state index contributed by atoms with van der Waals surface area (Å²) in [5.41, 5.74) is 6.93. The zero-order valence-electron chi connectivity index (χ0n) is 8.55. The molecule has 2 heterocycles. The summed E-state index contributed by atoms with van der Waals surface area (Å²) >= 11 is 1.82. The maximum absolute atomic E-state index is 6.44. The van der Waals surface area contributed by atoms with E-state index < -0.39 is 5.54 Å². The SMILES string of the molecule is NC1(c2nn[nH]n2)CCSc2ccccc21. The summed E-state index contributed by atoms with van der Waals surface area (Å²) in [5.74, 6) is 1.54. The number of nitrogens with two attached hydrogens (primary N) is 1. The summed E-state index contributed by atoms with van der Waals surface area (Å²) in [6.45, 7) is 0. The minimum Gasteiger partial charge on any atom is -0.315 e. The zero-order chi connectivity index (χ0) is 11.0. The predicted molar refractivity (Wildman–Crippen MR) is 60.9 cm³/mol. The van der Waals surface area contributed by atoms with E-state index in [2.05, 4.69) is 26.7 Å². The number of rotatable bonds is 1. The average Bonchev–Trinajstić information content (AvgIpc) is 2.84. The van der Waals surface area contributed by atoms with Crippen molar-refractivity contribution < 1.29 is 0 Å². The molecule has 1 aromatic carbocycles. The van der Waals surface area contributed by atoms with E-state index in [1.165, 1.54) is 4.90 Å². The molecule has 3 N–H and O–H groups in total. The lowest BCUT2D eigenvalue weighted by Crippen LogP contribution is -2.42. The van der Waals surface area contributed by atoms with Gasteiger partial charge in [-0.25, -0.2) is 0 Å². The summed E-state index contributed by atoms with van der Waals surface area (Å²) in [6.07, 6.45) is 0.828. The van der Waals surface area contributed by atoms with Crippen LogP contribution in [0.4, 0.5) is 0 Å². The normalized spacial score (nSPS) is 24.1. The van der Waals surface area contributed by atoms with Gasteiger partial charge in [0.05, 0.1) is 0 Å². The van der Waals surface area contributed by atoms with Gasteiger partial charge in [-0.1, -0.05) is 23.4 Å². The van der Waals surface area contributed by atoms with E-state index in [9.17, 15) is 0 Å². The smallest absolute Gasteiger partial charge is 0.198 e. The van der Waals surface area contributed by atoms with Gasteiger partial charge in [-0.15, -0.1) is 22.0 Å². The van der Waals surface area contributed by atoms with Crippen LogP contribution in [0.5, 0.6) is 0 Å². The second-order valence-corrected chi connectivity index (χ2v) is 4.94. The van der Waals surface area contributed by atoms with Gasteiger partial charge in [-0.3, -0.25) is 0 Å². The van der Waals surface area contributed by atoms with Gasteiger partial charge >= 0.3 is 0 Å². The molecule has 2 aromatic rings. The van der Waals surface area contributed by atoms with Crippen LogP contribution in [0, 0.1) is 0 Å². The van der Waals surface area contributed by atoms with Crippen molar-refractivity contribution in [1.82, 2.24) is 20.6 Å². The molecule has 0 amide bonds. The molecular weight excluding hydrogens is 222 g/mol. The van der Waals surface area contributed by atoms with Gasteiger partial charge in [-0.05, 0) is 18.1 Å². The molecular formula is C10H11N5S. The molecule has 0 saturated carbocycles. The van der Waals surface area contributed by atoms with E-state index in [0.29, 0.717) is 5.82 Å². The van der Waals surface area contributed by atoms with Crippen LogP contribution < -0.4 is 5.73 Å². The van der Waals surface area contributed by atoms with E-state index in [0.717, 1.165) is 17.7 Å². The van der Waals surface area contributed by atoms with Crippen LogP contribution in [0.15, 0.2) is 29.2 Å². The van der Waals surface area contributed by atoms with E-state index in [1.807, 2.05) is 30.0 Å². The fourth-order valence-electron chi connectivity index (χ4n) is 2.00. The van der Waals surface area contributed by atoms with Gasteiger partial charge in [0.25, 0.3) is 0 Å². The molecule has 3 rings (SSSR count). The molecule has 16 heavy (non-hydrogen) atoms. The van der Waals surface area contributed by atoms with Gasteiger partial charge in [0, 0.05) is 10.6 Å². The summed E-state index contributed by atoms with van der Waals surface area (Å²) in [6, 6.07) is 8.14. The Hall–Kier alpha value is -1.40. The summed E-state index contributed by atoms with van der Waals surface area (Å²) in [7, 11) is 0. The Kier molecular flexibility index (Phi) is 2.19. The lowest BCUT2D eigenvalue weighted by molar-refractivity contribution is 0.475. The summed E-state index contributed by atoms with van der Waals surface area (Å²) in [5, 5.41) is 14.1. The number of H-pyrrole nitrogens is 1. The fraction of sp³-hybridized carbons (Fsp3) is 0.300. The molecule has 0 saturated heterocycles. The molecule has 0 bridgehead atoms. The van der Waals surface area contributed by atoms with Crippen molar-refractivity contribution in [3.05, 3.63) is 35.7 Å². The van der Waals surface area contributed by atoms with Crippen molar-refractivity contribution in [2.24, 2.45) is 5.73 Å². The highest BCUT2D eigenvalue weighted by Crippen LogP contribution is 2.40. The molecule has 5 nitrogen and oxygen atoms in total. The Morgan fingerprint density at radius 1 is 1.38 bits per heavy atom. The van der Waals surface area contributed by atoms with Gasteiger partial charge < -0.3 is 5.73 Å². The van der Waals surface area contributed by atoms with Crippen molar-refractivity contribution >= 4 is 11.8 Å². The van der Waals surface area contributed by atoms with Gasteiger partial charge in [0.15, 0.2) is 5.82 Å². The first-order chi connectivity index (χ1) is 7.81. The molecule has 82 valence electrons. The highest BCUT2D eigenvalue weighted by molar-refractivity contribution is 7.99. The molecule has 1 unspecified atom stereocenters. The second-order valence-electron chi connectivity index (χ2n) is 3.80. The lowest BCUT2D eigenvalue weighted by Gasteiger charge is -2.32. The third-order valence-electron chi connectivity index (χ3n) is 2.87. The Balaban J connectivity index is 2.17. The number of hydrogen-bond acceptors (Lipinski definition) is 5. The molecule has 1 aliphatic rings. The van der Waals surface area contributed by atoms with Crippen LogP contribution in [-0.2, 0) is 5.54 Å². The minimum absolute atomic E-state index is 0.570. The minimum atomic E-state index is -0.602. The monoisotopic (exact) mass is 233 g/mol. The number of benzene rings is 1. The van der Waals surface area contributed by atoms with Crippen molar-refractivity contribution in [3.63, 3.8) is 0 Å². The number of hydrogen-bond donors (Lipinski definition) is 2. The molecule has 6 heteroatoms. The highest BCUT2D eigenvalue weighted by atomic mass is 32.2. The molecule has 1 atom stereocenters. The molecule has 1 aliphatic heterocycles. The fourth-order valence-corrected chi connectivity index (χ4v) is 3.23. The number of fused-ring (bicyclic) bond motifs is 1. The lowest BCUT2D eigenvalue weighted by atomic mass is 9.87. The predicted octanol–water partition coefficient (Wildman–Crippen LogP) is 0.898. The van der Waals surface area contributed by atoms with E-state index in [4.69, 9.17) is 5.73 Å². The topological polar surface area (TPSA) is 80.5 Å². The van der Waals surface area contributed by atoms with Gasteiger partial charge in [0.2, 0.25) is 0 Å². The average molecular weight is 233 g/mol. The van der Waals surface area contributed by atoms with Gasteiger partial charge in [-0.2, -0.15) is 5.21 Å². The van der Waals surface area contributed by atoms with Crippen molar-refractivity contribution in [3.8, 4) is 0 Å². The van der Waals surface area contributed by atoms with Crippen molar-refractivity contribution in [2.75, 3.05) is 5.75 Å². The number of thioether (sulfide) groups is 1. The quantitative estimate of drug-likeness (QED) is 0.764. The third-order valence-corrected chi connectivity index (χ3v) is 3.94. The van der Waals surface area contributed by atoms with Crippen LogP contribution in [-0.4, -0.2) is 26.4 Å². The number of aromatic amines is 1. The first kappa shape index (κ1) is 9.80. The maximum atomic E-state index is 6.44. The van der Waals surface area contributed by atoms with Crippen molar-refractivity contribution in [1.29, 1.82) is 0 Å². The number of nitrogens with one attached hydrogen (secondary N) is 1. The Morgan fingerprint density at radius 3 is 3.06 bits per heavy atom. The summed E-state index contributed by atoms with van der Waals surface area (Å²) < 4.78 is 0. The Morgan fingerprint density at radius 2 is 2.25 bits per heavy atom. The molecule has 1 aromatic heterocycles. The van der Waals surface area contributed by atoms with Crippen LogP contribution in [0.25, 0.3) is 0 Å². The number of nitrogens with zero attached hydrogens (tertiary/aromatic N) is 3. The van der Waals surface area contributed by atoms with Crippen LogP contribution >= 0.6 is 11.8 Å². The van der Waals surface area contributed by atoms with Crippen molar-refractivity contribution in [2.45, 2.75) is 16.9 Å². The Labute approximate surface area is 96.8 Å².